The second-order valence-corrected chi connectivity index (χ2v) is 13.3. The van der Waals surface area contributed by atoms with E-state index in [0.717, 1.165) is 45.6 Å². The molecule has 0 saturated carbocycles. The minimum atomic E-state index is -0.647. The molecule has 1 heterocycles. The zero-order valence-corrected chi connectivity index (χ0v) is 28.9. The Balaban J connectivity index is 2.18. The summed E-state index contributed by atoms with van der Waals surface area (Å²) in [6.07, 6.45) is 36.8. The summed E-state index contributed by atoms with van der Waals surface area (Å²) in [6.45, 7) is 8.41. The van der Waals surface area contributed by atoms with E-state index in [4.69, 9.17) is 4.74 Å². The van der Waals surface area contributed by atoms with Crippen molar-refractivity contribution in [2.75, 3.05) is 32.8 Å². The molecule has 2 atom stereocenters. The van der Waals surface area contributed by atoms with Gasteiger partial charge in [-0.25, -0.2) is 0 Å². The van der Waals surface area contributed by atoms with Crippen molar-refractivity contribution < 1.29 is 14.6 Å². The summed E-state index contributed by atoms with van der Waals surface area (Å²) in [6, 6.07) is -0.263. The van der Waals surface area contributed by atoms with Crippen LogP contribution in [0.2, 0.25) is 0 Å². The Morgan fingerprint density at radius 2 is 1.09 bits per heavy atom. The number of allylic oxidation sites excluding steroid dienone is 1. The number of hydrogen-bond acceptors (Lipinski definition) is 4. The maximum absolute atomic E-state index is 12.8. The van der Waals surface area contributed by atoms with E-state index in [1.165, 1.54) is 141 Å². The molecule has 0 aromatic heterocycles. The van der Waals surface area contributed by atoms with Gasteiger partial charge >= 0.3 is 0 Å². The molecule has 0 radical (unpaired) electrons. The number of ether oxygens (including phenoxy) is 1. The Morgan fingerprint density at radius 1 is 0.674 bits per heavy atom. The lowest BCUT2D eigenvalue weighted by Gasteiger charge is -2.32. The molecule has 0 bridgehead atoms. The molecule has 0 aromatic carbocycles. The highest BCUT2D eigenvalue weighted by molar-refractivity contribution is 5.76. The number of aliphatic hydroxyl groups is 1. The number of rotatable bonds is 31. The van der Waals surface area contributed by atoms with E-state index >= 15 is 0 Å². The minimum absolute atomic E-state index is 0.0825. The summed E-state index contributed by atoms with van der Waals surface area (Å²) in [5.74, 6) is 0.0825. The first-order valence-corrected chi connectivity index (χ1v) is 19.1. The summed E-state index contributed by atoms with van der Waals surface area (Å²) < 4.78 is 5.50. The summed E-state index contributed by atoms with van der Waals surface area (Å²) in [4.78, 5) is 15.1. The first kappa shape index (κ1) is 40.1. The number of hydrogen-bond donors (Lipinski definition) is 2. The highest BCUT2D eigenvalue weighted by Gasteiger charge is 2.23. The number of amides is 1. The fourth-order valence-corrected chi connectivity index (χ4v) is 6.18. The Kier molecular flexibility index (Phi) is 29.0. The molecule has 0 spiro atoms. The minimum Gasteiger partial charge on any atom is -0.387 e. The van der Waals surface area contributed by atoms with Gasteiger partial charge in [0.15, 0.2) is 0 Å². The van der Waals surface area contributed by atoms with E-state index in [1.807, 2.05) is 6.08 Å². The van der Waals surface area contributed by atoms with Gasteiger partial charge in [-0.05, 0) is 19.3 Å². The van der Waals surface area contributed by atoms with Crippen molar-refractivity contribution in [2.24, 2.45) is 0 Å². The molecule has 2 N–H and O–H groups in total. The first-order valence-electron chi connectivity index (χ1n) is 19.1. The van der Waals surface area contributed by atoms with Crippen molar-refractivity contribution in [3.05, 3.63) is 12.2 Å². The Hall–Kier alpha value is -0.910. The molecule has 1 saturated heterocycles. The molecule has 0 unspecified atom stereocenters. The second kappa shape index (κ2) is 31.1. The topological polar surface area (TPSA) is 61.8 Å². The number of unbranched alkanes of at least 4 members (excludes halogenated alkanes) is 23. The average molecular weight is 607 g/mol. The molecule has 5 nitrogen and oxygen atoms in total. The normalized spacial score (nSPS) is 15.7. The highest BCUT2D eigenvalue weighted by atomic mass is 16.5. The molecule has 1 aliphatic rings. The standard InChI is InChI=1S/C38H74N2O3/c1-3-5-7-9-11-13-15-17-19-21-23-25-27-29-37(41)36(35-40-31-33-43-34-32-40)39-38(42)30-28-26-24-22-20-18-16-14-12-10-8-6-4-2/h27,29,36-37,41H,3-26,28,30-35H2,1-2H3,(H,39,42)/b29-27+/t36-,37-/m0/s1. The molecule has 1 amide bonds. The molecule has 0 aromatic rings. The van der Waals surface area contributed by atoms with Gasteiger partial charge in [0.1, 0.15) is 0 Å². The fraction of sp³-hybridized carbons (Fsp3) is 0.921. The zero-order valence-electron chi connectivity index (χ0n) is 28.9. The lowest BCUT2D eigenvalue weighted by Crippen LogP contribution is -2.52. The van der Waals surface area contributed by atoms with Crippen LogP contribution in [0.3, 0.4) is 0 Å². The smallest absolute Gasteiger partial charge is 0.220 e. The van der Waals surface area contributed by atoms with Crippen molar-refractivity contribution in [1.29, 1.82) is 0 Å². The Bertz CT molecular complexity index is 620. The van der Waals surface area contributed by atoms with Gasteiger partial charge in [0, 0.05) is 26.1 Å². The van der Waals surface area contributed by atoms with Crippen molar-refractivity contribution in [1.82, 2.24) is 10.2 Å². The van der Waals surface area contributed by atoms with Gasteiger partial charge in [0.2, 0.25) is 5.91 Å². The third-order valence-corrected chi connectivity index (χ3v) is 9.13. The van der Waals surface area contributed by atoms with Crippen LogP contribution >= 0.6 is 0 Å². The van der Waals surface area contributed by atoms with E-state index < -0.39 is 6.10 Å². The SMILES string of the molecule is CCCCCCCCCCCCC/C=C/[C@H](O)[C@H](CN1CCOCC1)NC(=O)CCCCCCCCCCCCCCC. The van der Waals surface area contributed by atoms with Crippen LogP contribution in [0.4, 0.5) is 0 Å². The highest BCUT2D eigenvalue weighted by Crippen LogP contribution is 2.14. The van der Waals surface area contributed by atoms with Crippen LogP contribution in [0.1, 0.15) is 181 Å². The number of carbonyl (C=O) groups is 1. The van der Waals surface area contributed by atoms with Gasteiger partial charge in [0.05, 0.1) is 25.4 Å². The Morgan fingerprint density at radius 3 is 1.56 bits per heavy atom. The summed E-state index contributed by atoms with van der Waals surface area (Å²) in [5.41, 5.74) is 0. The fourth-order valence-electron chi connectivity index (χ4n) is 6.18. The molecule has 1 fully saturated rings. The van der Waals surface area contributed by atoms with Crippen LogP contribution in [0, 0.1) is 0 Å². The van der Waals surface area contributed by atoms with Crippen LogP contribution in [0.25, 0.3) is 0 Å². The molecule has 254 valence electrons. The van der Waals surface area contributed by atoms with Gasteiger partial charge in [-0.15, -0.1) is 0 Å². The van der Waals surface area contributed by atoms with E-state index in [0.29, 0.717) is 13.0 Å². The molecular formula is C38H74N2O3. The van der Waals surface area contributed by atoms with E-state index in [2.05, 4.69) is 30.1 Å². The third-order valence-electron chi connectivity index (χ3n) is 9.13. The maximum Gasteiger partial charge on any atom is 0.220 e. The van der Waals surface area contributed by atoms with Gasteiger partial charge in [-0.2, -0.15) is 0 Å². The Labute approximate surface area is 268 Å². The van der Waals surface area contributed by atoms with Crippen molar-refractivity contribution >= 4 is 5.91 Å². The summed E-state index contributed by atoms with van der Waals surface area (Å²) in [7, 11) is 0. The lowest BCUT2D eigenvalue weighted by atomic mass is 10.0. The number of nitrogens with one attached hydrogen (secondary N) is 1. The van der Waals surface area contributed by atoms with Crippen LogP contribution in [0.15, 0.2) is 12.2 Å². The summed E-state index contributed by atoms with van der Waals surface area (Å²) in [5, 5.41) is 14.2. The average Bonchev–Trinajstić information content (AvgIpc) is 3.01. The van der Waals surface area contributed by atoms with Crippen LogP contribution in [-0.4, -0.2) is 60.9 Å². The van der Waals surface area contributed by atoms with Gasteiger partial charge in [-0.3, -0.25) is 9.69 Å². The van der Waals surface area contributed by atoms with Crippen LogP contribution < -0.4 is 5.32 Å². The zero-order chi connectivity index (χ0) is 31.1. The van der Waals surface area contributed by atoms with E-state index in [9.17, 15) is 9.90 Å². The molecule has 1 rings (SSSR count). The molecule has 1 aliphatic heterocycles. The quantitative estimate of drug-likeness (QED) is 0.0609. The molecule has 0 aliphatic carbocycles. The van der Waals surface area contributed by atoms with Crippen LogP contribution in [-0.2, 0) is 9.53 Å². The number of morpholine rings is 1. The van der Waals surface area contributed by atoms with Crippen LogP contribution in [0.5, 0.6) is 0 Å². The van der Waals surface area contributed by atoms with Gasteiger partial charge in [0.25, 0.3) is 0 Å². The largest absolute Gasteiger partial charge is 0.387 e. The second-order valence-electron chi connectivity index (χ2n) is 13.3. The number of aliphatic hydroxyl groups excluding tert-OH is 1. The van der Waals surface area contributed by atoms with Gasteiger partial charge < -0.3 is 15.2 Å². The van der Waals surface area contributed by atoms with Gasteiger partial charge in [-0.1, -0.05) is 167 Å². The van der Waals surface area contributed by atoms with Crippen molar-refractivity contribution in [3.63, 3.8) is 0 Å². The monoisotopic (exact) mass is 607 g/mol. The maximum atomic E-state index is 12.8. The third kappa shape index (κ3) is 26.1. The van der Waals surface area contributed by atoms with E-state index in [1.54, 1.807) is 0 Å². The summed E-state index contributed by atoms with van der Waals surface area (Å²) >= 11 is 0. The predicted molar refractivity (Wildman–Crippen MR) is 186 cm³/mol. The predicted octanol–water partition coefficient (Wildman–Crippen LogP) is 9.90. The number of carbonyl (C=O) groups excluding carboxylic acids is 1. The first-order chi connectivity index (χ1) is 21.2. The molecule has 43 heavy (non-hydrogen) atoms. The van der Waals surface area contributed by atoms with Crippen molar-refractivity contribution in [3.8, 4) is 0 Å². The lowest BCUT2D eigenvalue weighted by molar-refractivity contribution is -0.122. The number of nitrogens with zero attached hydrogens (tertiary/aromatic N) is 1. The molecular weight excluding hydrogens is 532 g/mol. The molecule has 5 heteroatoms. The van der Waals surface area contributed by atoms with E-state index in [-0.39, 0.29) is 11.9 Å². The van der Waals surface area contributed by atoms with Crippen molar-refractivity contribution in [2.45, 2.75) is 193 Å².